The van der Waals surface area contributed by atoms with Gasteiger partial charge in [0.15, 0.2) is 0 Å². The molecule has 0 saturated carbocycles. The predicted octanol–water partition coefficient (Wildman–Crippen LogP) is 1.69. The lowest BCUT2D eigenvalue weighted by atomic mass is 9.84. The summed E-state index contributed by atoms with van der Waals surface area (Å²) in [6.07, 6.45) is 4.15. The molecule has 2 fully saturated rings. The van der Waals surface area contributed by atoms with Crippen LogP contribution in [0.25, 0.3) is 0 Å². The summed E-state index contributed by atoms with van der Waals surface area (Å²) in [5.74, 6) is 1.44. The number of ether oxygens (including phenoxy) is 1. The molecule has 5 nitrogen and oxygen atoms in total. The molecule has 7 heteroatoms. The van der Waals surface area contributed by atoms with Crippen molar-refractivity contribution < 1.29 is 9.53 Å². The van der Waals surface area contributed by atoms with E-state index in [2.05, 4.69) is 22.5 Å². The van der Waals surface area contributed by atoms with Crippen LogP contribution in [0.4, 0.5) is 0 Å². The number of amides is 1. The molecule has 138 valence electrons. The molecule has 23 heavy (non-hydrogen) atoms. The van der Waals surface area contributed by atoms with Gasteiger partial charge in [-0.15, -0.1) is 24.8 Å². The summed E-state index contributed by atoms with van der Waals surface area (Å²) in [6, 6.07) is 0. The number of nitrogens with one attached hydrogen (secondary N) is 2. The van der Waals surface area contributed by atoms with Gasteiger partial charge < -0.3 is 15.4 Å². The summed E-state index contributed by atoms with van der Waals surface area (Å²) in [6.45, 7) is 10.1. The van der Waals surface area contributed by atoms with Crippen LogP contribution < -0.4 is 10.6 Å². The maximum atomic E-state index is 12.0. The first kappa shape index (κ1) is 22.9. The number of morpholine rings is 1. The van der Waals surface area contributed by atoms with Gasteiger partial charge in [0.05, 0.1) is 13.2 Å². The van der Waals surface area contributed by atoms with E-state index in [1.807, 2.05) is 0 Å². The largest absolute Gasteiger partial charge is 0.379 e. The Morgan fingerprint density at radius 2 is 1.91 bits per heavy atom. The molecule has 2 N–H and O–H groups in total. The topological polar surface area (TPSA) is 53.6 Å². The fraction of sp³-hybridized carbons (Fsp3) is 0.938. The van der Waals surface area contributed by atoms with Crippen LogP contribution in [0.1, 0.15) is 32.6 Å². The Labute approximate surface area is 153 Å². The van der Waals surface area contributed by atoms with E-state index in [1.165, 1.54) is 12.8 Å². The van der Waals surface area contributed by atoms with Crippen LogP contribution in [0, 0.1) is 11.8 Å². The van der Waals surface area contributed by atoms with Crippen molar-refractivity contribution in [2.24, 2.45) is 11.8 Å². The highest BCUT2D eigenvalue weighted by Crippen LogP contribution is 2.24. The van der Waals surface area contributed by atoms with E-state index >= 15 is 0 Å². The average Bonchev–Trinajstić information content (AvgIpc) is 2.53. The van der Waals surface area contributed by atoms with Crippen LogP contribution >= 0.6 is 24.8 Å². The maximum Gasteiger partial charge on any atom is 0.220 e. The van der Waals surface area contributed by atoms with Crippen molar-refractivity contribution in [3.63, 3.8) is 0 Å². The third kappa shape index (κ3) is 9.11. The lowest BCUT2D eigenvalue weighted by Gasteiger charge is -2.28. The molecule has 2 heterocycles. The van der Waals surface area contributed by atoms with Crippen molar-refractivity contribution in [2.45, 2.75) is 32.6 Å². The monoisotopic (exact) mass is 369 g/mol. The van der Waals surface area contributed by atoms with Crippen molar-refractivity contribution in [3.05, 3.63) is 0 Å². The number of halogens is 2. The Kier molecular flexibility index (Phi) is 13.2. The van der Waals surface area contributed by atoms with Crippen LogP contribution in [0.2, 0.25) is 0 Å². The molecule has 1 amide bonds. The zero-order valence-electron chi connectivity index (χ0n) is 14.2. The van der Waals surface area contributed by atoms with E-state index in [0.717, 1.165) is 58.9 Å². The number of rotatable bonds is 7. The third-order valence-electron chi connectivity index (χ3n) is 4.77. The highest BCUT2D eigenvalue weighted by Gasteiger charge is 2.21. The third-order valence-corrected chi connectivity index (χ3v) is 4.77. The van der Waals surface area contributed by atoms with Gasteiger partial charge in [-0.3, -0.25) is 9.69 Å². The van der Waals surface area contributed by atoms with Crippen molar-refractivity contribution in [3.8, 4) is 0 Å². The average molecular weight is 370 g/mol. The van der Waals surface area contributed by atoms with Crippen LogP contribution in [0.5, 0.6) is 0 Å². The molecule has 2 saturated heterocycles. The normalized spacial score (nSPS) is 20.9. The second-order valence-electron chi connectivity index (χ2n) is 6.43. The highest BCUT2D eigenvalue weighted by molar-refractivity contribution is 5.85. The fourth-order valence-corrected chi connectivity index (χ4v) is 3.30. The molecule has 0 aromatic heterocycles. The first-order valence-electron chi connectivity index (χ1n) is 8.53. The number of hydrogen-bond donors (Lipinski definition) is 2. The smallest absolute Gasteiger partial charge is 0.220 e. The number of carbonyl (C=O) groups is 1. The molecule has 1 unspecified atom stereocenters. The van der Waals surface area contributed by atoms with Gasteiger partial charge in [0.2, 0.25) is 5.91 Å². The standard InChI is InChI=1S/C16H31N3O2.2ClH/c1-14(15-3-6-17-7-4-15)13-16(20)18-5-2-8-19-9-11-21-12-10-19;;/h14-15,17H,2-13H2,1H3,(H,18,20);2*1H. The second kappa shape index (κ2) is 13.2. The minimum absolute atomic E-state index is 0. The molecule has 0 aromatic rings. The summed E-state index contributed by atoms with van der Waals surface area (Å²) in [7, 11) is 0. The first-order chi connectivity index (χ1) is 10.3. The zero-order chi connectivity index (χ0) is 14.9. The molecule has 2 aliphatic rings. The van der Waals surface area contributed by atoms with Crippen LogP contribution in [0.15, 0.2) is 0 Å². The van der Waals surface area contributed by atoms with Crippen LogP contribution in [-0.2, 0) is 9.53 Å². The molecule has 0 radical (unpaired) electrons. The number of hydrogen-bond acceptors (Lipinski definition) is 4. The van der Waals surface area contributed by atoms with E-state index in [4.69, 9.17) is 4.74 Å². The van der Waals surface area contributed by atoms with Gasteiger partial charge in [-0.05, 0) is 50.7 Å². The predicted molar refractivity (Wildman–Crippen MR) is 98.8 cm³/mol. The second-order valence-corrected chi connectivity index (χ2v) is 6.43. The van der Waals surface area contributed by atoms with Crippen molar-refractivity contribution >= 4 is 30.7 Å². The van der Waals surface area contributed by atoms with E-state index in [1.54, 1.807) is 0 Å². The Morgan fingerprint density at radius 3 is 2.57 bits per heavy atom. The van der Waals surface area contributed by atoms with Gasteiger partial charge in [0.1, 0.15) is 0 Å². The van der Waals surface area contributed by atoms with Gasteiger partial charge in [-0.25, -0.2) is 0 Å². The Morgan fingerprint density at radius 1 is 1.26 bits per heavy atom. The Bertz CT molecular complexity index is 310. The lowest BCUT2D eigenvalue weighted by molar-refractivity contribution is -0.122. The van der Waals surface area contributed by atoms with Gasteiger partial charge >= 0.3 is 0 Å². The molecular formula is C16H33Cl2N3O2. The van der Waals surface area contributed by atoms with Gasteiger partial charge in [0.25, 0.3) is 0 Å². The van der Waals surface area contributed by atoms with Crippen molar-refractivity contribution in [2.75, 3.05) is 52.5 Å². The highest BCUT2D eigenvalue weighted by atomic mass is 35.5. The molecular weight excluding hydrogens is 337 g/mol. The molecule has 2 rings (SSSR count). The summed E-state index contributed by atoms with van der Waals surface area (Å²) in [4.78, 5) is 14.4. The molecule has 0 aromatic carbocycles. The SMILES string of the molecule is CC(CC(=O)NCCCN1CCOCC1)C1CCNCC1.Cl.Cl. The minimum atomic E-state index is 0. The lowest BCUT2D eigenvalue weighted by Crippen LogP contribution is -2.38. The quantitative estimate of drug-likeness (QED) is 0.670. The van der Waals surface area contributed by atoms with Crippen molar-refractivity contribution in [1.82, 2.24) is 15.5 Å². The van der Waals surface area contributed by atoms with E-state index < -0.39 is 0 Å². The van der Waals surface area contributed by atoms with Gasteiger partial charge in [0, 0.05) is 26.1 Å². The van der Waals surface area contributed by atoms with E-state index in [-0.39, 0.29) is 30.7 Å². The summed E-state index contributed by atoms with van der Waals surface area (Å²) in [5, 5.41) is 6.46. The fourth-order valence-electron chi connectivity index (χ4n) is 3.30. The maximum absolute atomic E-state index is 12.0. The van der Waals surface area contributed by atoms with Crippen LogP contribution in [-0.4, -0.2) is 63.3 Å². The number of nitrogens with zero attached hydrogens (tertiary/aromatic N) is 1. The first-order valence-corrected chi connectivity index (χ1v) is 8.53. The van der Waals surface area contributed by atoms with Crippen LogP contribution in [0.3, 0.4) is 0 Å². The Balaban J connectivity index is 0.00000242. The summed E-state index contributed by atoms with van der Waals surface area (Å²) < 4.78 is 5.33. The molecule has 2 aliphatic heterocycles. The number of piperidine rings is 1. The Hall–Kier alpha value is -0.0700. The number of carbonyl (C=O) groups excluding carboxylic acids is 1. The summed E-state index contributed by atoms with van der Waals surface area (Å²) >= 11 is 0. The molecule has 0 aliphatic carbocycles. The summed E-state index contributed by atoms with van der Waals surface area (Å²) in [5.41, 5.74) is 0. The molecule has 0 bridgehead atoms. The van der Waals surface area contributed by atoms with Gasteiger partial charge in [-0.2, -0.15) is 0 Å². The van der Waals surface area contributed by atoms with E-state index in [9.17, 15) is 4.79 Å². The zero-order valence-corrected chi connectivity index (χ0v) is 15.9. The van der Waals surface area contributed by atoms with E-state index in [0.29, 0.717) is 18.3 Å². The molecule has 1 atom stereocenters. The minimum Gasteiger partial charge on any atom is -0.379 e. The molecule has 0 spiro atoms. The van der Waals surface area contributed by atoms with Crippen molar-refractivity contribution in [1.29, 1.82) is 0 Å². The van der Waals surface area contributed by atoms with Gasteiger partial charge in [-0.1, -0.05) is 6.92 Å².